The van der Waals surface area contributed by atoms with Gasteiger partial charge in [0.1, 0.15) is 10.8 Å². The number of hydrogen-bond donors (Lipinski definition) is 4. The van der Waals surface area contributed by atoms with E-state index in [1.165, 1.54) is 6.07 Å². The van der Waals surface area contributed by atoms with Crippen LogP contribution in [0.4, 0.5) is 11.5 Å². The zero-order valence-corrected chi connectivity index (χ0v) is 14.2. The lowest BCUT2D eigenvalue weighted by atomic mass is 10.1. The van der Waals surface area contributed by atoms with Gasteiger partial charge in [-0.3, -0.25) is 14.4 Å². The molecule has 0 atom stereocenters. The molecule has 2 aromatic rings. The third-order valence-corrected chi connectivity index (χ3v) is 4.17. The highest BCUT2D eigenvalue weighted by atomic mass is 32.2. The zero-order valence-electron chi connectivity index (χ0n) is 13.4. The van der Waals surface area contributed by atoms with Gasteiger partial charge in [-0.2, -0.15) is 0 Å². The van der Waals surface area contributed by atoms with Crippen molar-refractivity contribution >= 4 is 41.0 Å². The van der Waals surface area contributed by atoms with E-state index in [9.17, 15) is 14.4 Å². The first-order chi connectivity index (χ1) is 11.8. The predicted octanol–water partition coefficient (Wildman–Crippen LogP) is 0.901. The van der Waals surface area contributed by atoms with Gasteiger partial charge in [0.15, 0.2) is 0 Å². The van der Waals surface area contributed by atoms with Crippen LogP contribution in [0.25, 0.3) is 0 Å². The molecule has 2 rings (SSSR count). The average molecular weight is 359 g/mol. The summed E-state index contributed by atoms with van der Waals surface area (Å²) in [5.41, 5.74) is 17.8. The van der Waals surface area contributed by atoms with Crippen molar-refractivity contribution in [2.75, 3.05) is 16.8 Å². The molecule has 130 valence electrons. The van der Waals surface area contributed by atoms with Gasteiger partial charge in [0.25, 0.3) is 11.8 Å². The van der Waals surface area contributed by atoms with Crippen molar-refractivity contribution in [1.29, 1.82) is 0 Å². The van der Waals surface area contributed by atoms with E-state index in [1.807, 2.05) is 13.0 Å². The first-order valence-electron chi connectivity index (χ1n) is 7.17. The van der Waals surface area contributed by atoms with Crippen molar-refractivity contribution < 1.29 is 14.4 Å². The molecule has 0 aliphatic heterocycles. The molecule has 7 N–H and O–H groups in total. The summed E-state index contributed by atoms with van der Waals surface area (Å²) in [6.45, 7) is 1.89. The van der Waals surface area contributed by atoms with E-state index < -0.39 is 17.7 Å². The van der Waals surface area contributed by atoms with E-state index >= 15 is 0 Å². The van der Waals surface area contributed by atoms with Gasteiger partial charge in [-0.25, -0.2) is 4.98 Å². The summed E-state index contributed by atoms with van der Waals surface area (Å²) < 4.78 is 0. The number of amides is 3. The number of rotatable bonds is 6. The van der Waals surface area contributed by atoms with Gasteiger partial charge in [-0.05, 0) is 30.7 Å². The summed E-state index contributed by atoms with van der Waals surface area (Å²) in [5.74, 6) is -2.07. The molecule has 0 fully saturated rings. The lowest BCUT2D eigenvalue weighted by molar-refractivity contribution is -0.115. The number of thioether (sulfide) groups is 1. The second kappa shape index (κ2) is 7.67. The molecule has 0 saturated carbocycles. The molecule has 0 radical (unpaired) electrons. The number of nitrogen functional groups attached to an aromatic ring is 1. The Kier molecular flexibility index (Phi) is 5.60. The standard InChI is InChI=1S/C16H17N5O3S/c1-8-3-2-4-9(5-8)20-15(24)10-6-11(14(19)23)16(21-13(10)18)25-7-12(17)22/h2-6H,7H2,1H3,(H2,17,22)(H2,18,21)(H2,19,23)(H,20,24). The molecule has 3 amide bonds. The smallest absolute Gasteiger partial charge is 0.259 e. The topological polar surface area (TPSA) is 154 Å². The summed E-state index contributed by atoms with van der Waals surface area (Å²) in [7, 11) is 0. The molecule has 1 heterocycles. The molecule has 0 saturated heterocycles. The highest BCUT2D eigenvalue weighted by Gasteiger charge is 2.19. The van der Waals surface area contributed by atoms with Crippen molar-refractivity contribution in [1.82, 2.24) is 4.98 Å². The quantitative estimate of drug-likeness (QED) is 0.562. The SMILES string of the molecule is Cc1cccc(NC(=O)c2cc(C(N)=O)c(SCC(N)=O)nc2N)c1. The number of carbonyl (C=O) groups excluding carboxylic acids is 3. The van der Waals surface area contributed by atoms with Crippen molar-refractivity contribution in [3.63, 3.8) is 0 Å². The number of nitrogens with zero attached hydrogens (tertiary/aromatic N) is 1. The maximum Gasteiger partial charge on any atom is 0.259 e. The molecular weight excluding hydrogens is 342 g/mol. The third-order valence-electron chi connectivity index (χ3n) is 3.15. The molecule has 0 unspecified atom stereocenters. The number of aromatic nitrogens is 1. The van der Waals surface area contributed by atoms with Crippen LogP contribution in [-0.4, -0.2) is 28.5 Å². The largest absolute Gasteiger partial charge is 0.383 e. The van der Waals surface area contributed by atoms with Crippen molar-refractivity contribution in [2.24, 2.45) is 11.5 Å². The molecule has 8 nitrogen and oxygen atoms in total. The van der Waals surface area contributed by atoms with Crippen LogP contribution in [0.15, 0.2) is 35.4 Å². The first-order valence-corrected chi connectivity index (χ1v) is 8.16. The van der Waals surface area contributed by atoms with Gasteiger partial charge in [0.2, 0.25) is 5.91 Å². The van der Waals surface area contributed by atoms with Crippen LogP contribution in [0, 0.1) is 6.92 Å². The normalized spacial score (nSPS) is 10.3. The van der Waals surface area contributed by atoms with E-state index in [4.69, 9.17) is 17.2 Å². The molecule has 25 heavy (non-hydrogen) atoms. The van der Waals surface area contributed by atoms with Gasteiger partial charge in [0, 0.05) is 5.69 Å². The summed E-state index contributed by atoms with van der Waals surface area (Å²) in [6, 6.07) is 8.46. The number of aryl methyl sites for hydroxylation is 1. The fraction of sp³-hybridized carbons (Fsp3) is 0.125. The fourth-order valence-electron chi connectivity index (χ4n) is 2.04. The highest BCUT2D eigenvalue weighted by Crippen LogP contribution is 2.25. The minimum atomic E-state index is -0.788. The van der Waals surface area contributed by atoms with Gasteiger partial charge >= 0.3 is 0 Å². The molecule has 0 aliphatic carbocycles. The Hall–Kier alpha value is -3.07. The van der Waals surface area contributed by atoms with Gasteiger partial charge in [-0.15, -0.1) is 0 Å². The molecule has 1 aromatic heterocycles. The van der Waals surface area contributed by atoms with E-state index in [-0.39, 0.29) is 27.7 Å². The minimum absolute atomic E-state index is 0.00478. The lowest BCUT2D eigenvalue weighted by Crippen LogP contribution is -2.20. The van der Waals surface area contributed by atoms with E-state index in [0.717, 1.165) is 17.3 Å². The average Bonchev–Trinajstić information content (AvgIpc) is 2.52. The number of pyridine rings is 1. The molecule has 1 aromatic carbocycles. The lowest BCUT2D eigenvalue weighted by Gasteiger charge is -2.11. The Morgan fingerprint density at radius 1 is 1.16 bits per heavy atom. The van der Waals surface area contributed by atoms with Crippen LogP contribution in [-0.2, 0) is 4.79 Å². The van der Waals surface area contributed by atoms with Gasteiger partial charge in [0.05, 0.1) is 16.9 Å². The first kappa shape index (κ1) is 18.3. The van der Waals surface area contributed by atoms with Crippen LogP contribution in [0.5, 0.6) is 0 Å². The summed E-state index contributed by atoms with van der Waals surface area (Å²) in [5, 5.41) is 2.83. The number of nitrogens with two attached hydrogens (primary N) is 3. The number of carbonyl (C=O) groups is 3. The van der Waals surface area contributed by atoms with E-state index in [0.29, 0.717) is 5.69 Å². The maximum atomic E-state index is 12.4. The molecule has 0 aliphatic rings. The zero-order chi connectivity index (χ0) is 18.6. The Labute approximate surface area is 148 Å². The summed E-state index contributed by atoms with van der Waals surface area (Å²) in [6.07, 6.45) is 0. The molecule has 0 bridgehead atoms. The Morgan fingerprint density at radius 3 is 2.48 bits per heavy atom. The highest BCUT2D eigenvalue weighted by molar-refractivity contribution is 8.00. The van der Waals surface area contributed by atoms with E-state index in [1.54, 1.807) is 18.2 Å². The van der Waals surface area contributed by atoms with Crippen LogP contribution in [0.3, 0.4) is 0 Å². The number of primary amides is 2. The monoisotopic (exact) mass is 359 g/mol. The molecule has 9 heteroatoms. The predicted molar refractivity (Wildman–Crippen MR) is 96.2 cm³/mol. The minimum Gasteiger partial charge on any atom is -0.383 e. The van der Waals surface area contributed by atoms with Crippen molar-refractivity contribution in [2.45, 2.75) is 11.9 Å². The van der Waals surface area contributed by atoms with Gasteiger partial charge < -0.3 is 22.5 Å². The number of anilines is 2. The van der Waals surface area contributed by atoms with Crippen LogP contribution < -0.4 is 22.5 Å². The number of benzene rings is 1. The summed E-state index contributed by atoms with van der Waals surface area (Å²) in [4.78, 5) is 39.0. The van der Waals surface area contributed by atoms with E-state index in [2.05, 4.69) is 10.3 Å². The molecular formula is C16H17N5O3S. The second-order valence-electron chi connectivity index (χ2n) is 5.22. The Balaban J connectivity index is 2.34. The van der Waals surface area contributed by atoms with Gasteiger partial charge in [-0.1, -0.05) is 23.9 Å². The number of hydrogen-bond acceptors (Lipinski definition) is 6. The number of nitrogens with one attached hydrogen (secondary N) is 1. The summed E-state index contributed by atoms with van der Waals surface area (Å²) >= 11 is 0.926. The third kappa shape index (κ3) is 4.70. The maximum absolute atomic E-state index is 12.4. The molecule has 0 spiro atoms. The Morgan fingerprint density at radius 2 is 1.88 bits per heavy atom. The van der Waals surface area contributed by atoms with Crippen LogP contribution in [0.1, 0.15) is 26.3 Å². The van der Waals surface area contributed by atoms with Crippen molar-refractivity contribution in [3.05, 3.63) is 47.0 Å². The fourth-order valence-corrected chi connectivity index (χ4v) is 2.80. The van der Waals surface area contributed by atoms with Crippen molar-refractivity contribution in [3.8, 4) is 0 Å². The second-order valence-corrected chi connectivity index (χ2v) is 6.18. The Bertz CT molecular complexity index is 854. The van der Waals surface area contributed by atoms with Crippen LogP contribution >= 0.6 is 11.8 Å². The van der Waals surface area contributed by atoms with Crippen LogP contribution in [0.2, 0.25) is 0 Å².